The standard InChI is InChI=1S/C16H17N3.C10H12BrNO.C6H8N2/c1-12-4-9-16-17-15(11-19(16)10-12)13-5-7-14(8-6-13)18(2)3;1-12(2)9-5-3-8(4-6-9)10(13)7-11;1-5-2-3-6(7)8-4-5/h4-11H,1-3H3;3-6H,7H2,1-2H3;2-4H,1H3,(H2,7,8). The maximum atomic E-state index is 11.2. The zero-order valence-corrected chi connectivity index (χ0v) is 25.6. The van der Waals surface area contributed by atoms with Crippen molar-refractivity contribution in [3.8, 4) is 11.3 Å². The number of carbonyl (C=O) groups is 1. The van der Waals surface area contributed by atoms with E-state index in [1.165, 1.54) is 11.3 Å². The number of rotatable bonds is 5. The summed E-state index contributed by atoms with van der Waals surface area (Å²) in [5.74, 6) is 0.695. The molecular weight excluding hydrogens is 564 g/mol. The number of imidazole rings is 1. The molecule has 3 heterocycles. The number of Topliss-reactive ketones (excluding diaryl/α,β-unsaturated/α-hetero) is 1. The van der Waals surface area contributed by atoms with Gasteiger partial charge in [0.2, 0.25) is 0 Å². The van der Waals surface area contributed by atoms with Crippen LogP contribution >= 0.6 is 15.9 Å². The summed E-state index contributed by atoms with van der Waals surface area (Å²) in [6.45, 7) is 4.07. The topological polar surface area (TPSA) is 79.8 Å². The summed E-state index contributed by atoms with van der Waals surface area (Å²) in [5.41, 5.74) is 13.9. The number of aromatic nitrogens is 3. The Balaban J connectivity index is 0.000000182. The molecule has 0 saturated carbocycles. The van der Waals surface area contributed by atoms with Gasteiger partial charge in [0.1, 0.15) is 11.5 Å². The van der Waals surface area contributed by atoms with E-state index in [1.807, 2.05) is 76.4 Å². The number of fused-ring (bicyclic) bond motifs is 1. The number of anilines is 3. The van der Waals surface area contributed by atoms with Gasteiger partial charge in [-0.1, -0.05) is 40.2 Å². The Morgan fingerprint density at radius 1 is 0.800 bits per heavy atom. The number of hydrogen-bond donors (Lipinski definition) is 1. The quantitative estimate of drug-likeness (QED) is 0.179. The number of halogens is 1. The molecule has 2 N–H and O–H groups in total. The average Bonchev–Trinajstić information content (AvgIpc) is 3.38. The molecule has 0 radical (unpaired) electrons. The Morgan fingerprint density at radius 2 is 1.38 bits per heavy atom. The molecule has 208 valence electrons. The fourth-order valence-electron chi connectivity index (χ4n) is 3.67. The molecule has 8 heteroatoms. The van der Waals surface area contributed by atoms with Crippen molar-refractivity contribution in [2.45, 2.75) is 13.8 Å². The summed E-state index contributed by atoms with van der Waals surface area (Å²) in [4.78, 5) is 23.8. The maximum absolute atomic E-state index is 11.2. The van der Waals surface area contributed by atoms with E-state index in [-0.39, 0.29) is 5.78 Å². The van der Waals surface area contributed by atoms with E-state index in [0.717, 1.165) is 33.7 Å². The number of benzene rings is 2. The van der Waals surface area contributed by atoms with Crippen molar-refractivity contribution >= 4 is 44.6 Å². The molecule has 0 aliphatic carbocycles. The van der Waals surface area contributed by atoms with E-state index in [2.05, 4.69) is 84.8 Å². The molecule has 7 nitrogen and oxygen atoms in total. The van der Waals surface area contributed by atoms with E-state index in [4.69, 9.17) is 5.73 Å². The van der Waals surface area contributed by atoms with E-state index in [9.17, 15) is 4.79 Å². The van der Waals surface area contributed by atoms with Crippen LogP contribution in [0.15, 0.2) is 91.4 Å². The first-order valence-electron chi connectivity index (χ1n) is 12.8. The zero-order valence-electron chi connectivity index (χ0n) is 24.0. The molecule has 0 amide bonds. The van der Waals surface area contributed by atoms with Gasteiger partial charge in [-0.2, -0.15) is 0 Å². The highest BCUT2D eigenvalue weighted by Crippen LogP contribution is 2.22. The Bertz CT molecular complexity index is 1490. The molecule has 0 unspecified atom stereocenters. The second-order valence-electron chi connectivity index (χ2n) is 9.80. The summed E-state index contributed by atoms with van der Waals surface area (Å²) in [7, 11) is 8.04. The SMILES string of the molecule is CN(C)c1ccc(C(=O)CBr)cc1.Cc1ccc(N)nc1.Cc1ccc2nc(-c3ccc(N(C)C)cc3)cn2c1. The molecule has 40 heavy (non-hydrogen) atoms. The highest BCUT2D eigenvalue weighted by atomic mass is 79.9. The van der Waals surface area contributed by atoms with Gasteiger partial charge in [-0.3, -0.25) is 4.79 Å². The lowest BCUT2D eigenvalue weighted by atomic mass is 10.1. The summed E-state index contributed by atoms with van der Waals surface area (Å²) in [6, 6.07) is 23.9. The first-order valence-corrected chi connectivity index (χ1v) is 14.0. The molecular formula is C32H37BrN6O. The van der Waals surface area contributed by atoms with Crippen LogP contribution in [0.4, 0.5) is 17.2 Å². The molecule has 5 aromatic rings. The van der Waals surface area contributed by atoms with E-state index in [1.54, 1.807) is 12.3 Å². The number of nitrogens with zero attached hydrogens (tertiary/aromatic N) is 5. The Hall–Kier alpha value is -4.17. The predicted octanol–water partition coefficient (Wildman–Crippen LogP) is 6.68. The van der Waals surface area contributed by atoms with Crippen LogP contribution in [-0.4, -0.2) is 53.7 Å². The first kappa shape index (κ1) is 30.4. The third-order valence-corrected chi connectivity index (χ3v) is 6.55. The third kappa shape index (κ3) is 8.68. The Labute approximate surface area is 245 Å². The molecule has 0 atom stereocenters. The van der Waals surface area contributed by atoms with Gasteiger partial charge in [0.25, 0.3) is 0 Å². The van der Waals surface area contributed by atoms with Gasteiger partial charge in [0.05, 0.1) is 11.0 Å². The number of nitrogens with two attached hydrogens (primary N) is 1. The van der Waals surface area contributed by atoms with Gasteiger partial charge in [-0.15, -0.1) is 0 Å². The second-order valence-corrected chi connectivity index (χ2v) is 10.4. The van der Waals surface area contributed by atoms with Gasteiger partial charge in [-0.25, -0.2) is 9.97 Å². The molecule has 5 rings (SSSR count). The summed E-state index contributed by atoms with van der Waals surface area (Å²) >= 11 is 3.14. The van der Waals surface area contributed by atoms with Crippen LogP contribution in [0.1, 0.15) is 21.5 Å². The molecule has 0 saturated heterocycles. The number of carbonyl (C=O) groups excluding carboxylic acids is 1. The van der Waals surface area contributed by atoms with E-state index >= 15 is 0 Å². The first-order chi connectivity index (χ1) is 19.1. The molecule has 0 fully saturated rings. The highest BCUT2D eigenvalue weighted by molar-refractivity contribution is 9.09. The van der Waals surface area contributed by atoms with Crippen LogP contribution in [0.2, 0.25) is 0 Å². The van der Waals surface area contributed by atoms with Crippen LogP contribution in [0.5, 0.6) is 0 Å². The minimum Gasteiger partial charge on any atom is -0.384 e. The maximum Gasteiger partial charge on any atom is 0.173 e. The van der Waals surface area contributed by atoms with Crippen molar-refractivity contribution < 1.29 is 4.79 Å². The molecule has 0 aliphatic rings. The smallest absolute Gasteiger partial charge is 0.173 e. The van der Waals surface area contributed by atoms with Gasteiger partial charge in [0.15, 0.2) is 5.78 Å². The molecule has 3 aromatic heterocycles. The predicted molar refractivity (Wildman–Crippen MR) is 172 cm³/mol. The number of ketones is 1. The van der Waals surface area contributed by atoms with Crippen LogP contribution in [0, 0.1) is 13.8 Å². The van der Waals surface area contributed by atoms with Crippen molar-refractivity contribution in [3.05, 3.63) is 108 Å². The average molecular weight is 602 g/mol. The molecule has 2 aromatic carbocycles. The highest BCUT2D eigenvalue weighted by Gasteiger charge is 2.05. The molecule has 0 spiro atoms. The number of pyridine rings is 2. The summed E-state index contributed by atoms with van der Waals surface area (Å²) in [6.07, 6.45) is 5.92. The second kappa shape index (κ2) is 14.3. The van der Waals surface area contributed by atoms with Crippen molar-refractivity contribution in [2.75, 3.05) is 49.1 Å². The van der Waals surface area contributed by atoms with Crippen molar-refractivity contribution in [1.29, 1.82) is 0 Å². The van der Waals surface area contributed by atoms with Crippen molar-refractivity contribution in [2.24, 2.45) is 0 Å². The van der Waals surface area contributed by atoms with Gasteiger partial charge < -0.3 is 19.9 Å². The van der Waals surface area contributed by atoms with Gasteiger partial charge >= 0.3 is 0 Å². The van der Waals surface area contributed by atoms with Crippen LogP contribution in [0.25, 0.3) is 16.9 Å². The zero-order chi connectivity index (χ0) is 29.2. The number of hydrogen-bond acceptors (Lipinski definition) is 6. The fraction of sp³-hybridized carbons (Fsp3) is 0.219. The number of alkyl halides is 1. The van der Waals surface area contributed by atoms with Crippen LogP contribution in [-0.2, 0) is 0 Å². The molecule has 0 bridgehead atoms. The van der Waals surface area contributed by atoms with Gasteiger partial charge in [-0.05, 0) is 73.5 Å². The number of nitrogen functional groups attached to an aromatic ring is 1. The lowest BCUT2D eigenvalue weighted by molar-refractivity contribution is 0.102. The van der Waals surface area contributed by atoms with E-state index < -0.39 is 0 Å². The monoisotopic (exact) mass is 600 g/mol. The fourth-order valence-corrected chi connectivity index (χ4v) is 4.00. The summed E-state index contributed by atoms with van der Waals surface area (Å²) < 4.78 is 2.07. The van der Waals surface area contributed by atoms with Crippen LogP contribution < -0.4 is 15.5 Å². The lowest BCUT2D eigenvalue weighted by Crippen LogP contribution is -2.09. The summed E-state index contributed by atoms with van der Waals surface area (Å²) in [5, 5.41) is 0.383. The lowest BCUT2D eigenvalue weighted by Gasteiger charge is -2.12. The van der Waals surface area contributed by atoms with Crippen LogP contribution in [0.3, 0.4) is 0 Å². The third-order valence-electron chi connectivity index (χ3n) is 6.04. The van der Waals surface area contributed by atoms with Crippen molar-refractivity contribution in [3.63, 3.8) is 0 Å². The Kier molecular flexibility index (Phi) is 10.8. The minimum absolute atomic E-state index is 0.116. The minimum atomic E-state index is 0.116. The molecule has 0 aliphatic heterocycles. The van der Waals surface area contributed by atoms with Crippen molar-refractivity contribution in [1.82, 2.24) is 14.4 Å². The van der Waals surface area contributed by atoms with Gasteiger partial charge in [0, 0.05) is 69.3 Å². The Morgan fingerprint density at radius 3 is 1.88 bits per heavy atom. The normalized spacial score (nSPS) is 10.2. The largest absolute Gasteiger partial charge is 0.384 e. The number of aryl methyl sites for hydroxylation is 2. The van der Waals surface area contributed by atoms with E-state index in [0.29, 0.717) is 11.1 Å².